The van der Waals surface area contributed by atoms with E-state index in [9.17, 15) is 18.0 Å². The van der Waals surface area contributed by atoms with Gasteiger partial charge < -0.3 is 4.90 Å². The molecule has 7 nitrogen and oxygen atoms in total. The molecule has 1 fully saturated rings. The van der Waals surface area contributed by atoms with Crippen LogP contribution in [0.1, 0.15) is 18.9 Å². The summed E-state index contributed by atoms with van der Waals surface area (Å²) in [5, 5.41) is 0.948. The molecule has 3 aromatic rings. The Labute approximate surface area is 191 Å². The minimum Gasteiger partial charge on any atom is -0.338 e. The topological polar surface area (TPSA) is 89.3 Å². The molecular formula is C23H25N3O4S2. The van der Waals surface area contributed by atoms with Crippen molar-refractivity contribution in [3.8, 4) is 5.69 Å². The minimum absolute atomic E-state index is 0.0133. The van der Waals surface area contributed by atoms with Gasteiger partial charge in [-0.3, -0.25) is 14.2 Å². The normalized spacial score (nSPS) is 17.5. The third-order valence-corrected chi connectivity index (χ3v) is 8.41. The molecule has 1 aliphatic heterocycles. The molecule has 9 heteroatoms. The second-order valence-electron chi connectivity index (χ2n) is 7.86. The molecule has 0 N–H and O–H groups in total. The van der Waals surface area contributed by atoms with E-state index in [0.29, 0.717) is 29.0 Å². The van der Waals surface area contributed by atoms with Gasteiger partial charge in [0.25, 0.3) is 5.56 Å². The van der Waals surface area contributed by atoms with Gasteiger partial charge in [-0.15, -0.1) is 0 Å². The van der Waals surface area contributed by atoms with Crippen LogP contribution in [0.5, 0.6) is 0 Å². The quantitative estimate of drug-likeness (QED) is 0.406. The molecule has 0 aliphatic carbocycles. The van der Waals surface area contributed by atoms with Crippen LogP contribution in [0.3, 0.4) is 0 Å². The van der Waals surface area contributed by atoms with E-state index in [2.05, 4.69) is 0 Å². The van der Waals surface area contributed by atoms with Crippen LogP contribution in [0, 0.1) is 6.92 Å². The van der Waals surface area contributed by atoms with E-state index in [4.69, 9.17) is 4.98 Å². The van der Waals surface area contributed by atoms with Gasteiger partial charge in [-0.05, 0) is 44.0 Å². The predicted molar refractivity (Wildman–Crippen MR) is 127 cm³/mol. The number of rotatable bonds is 6. The first kappa shape index (κ1) is 22.5. The Hall–Kier alpha value is -2.65. The molecule has 4 rings (SSSR count). The number of benzene rings is 2. The van der Waals surface area contributed by atoms with E-state index in [-0.39, 0.29) is 34.8 Å². The first-order valence-corrected chi connectivity index (χ1v) is 13.3. The van der Waals surface area contributed by atoms with Crippen LogP contribution >= 0.6 is 11.8 Å². The molecule has 0 bridgehead atoms. The Bertz CT molecular complexity index is 1330. The van der Waals surface area contributed by atoms with Gasteiger partial charge in [0.05, 0.1) is 33.8 Å². The summed E-state index contributed by atoms with van der Waals surface area (Å²) in [5.74, 6) is 0.0482. The van der Waals surface area contributed by atoms with E-state index in [0.717, 1.165) is 11.3 Å². The molecule has 0 unspecified atom stereocenters. The lowest BCUT2D eigenvalue weighted by molar-refractivity contribution is -0.129. The number of sulfone groups is 1. The number of para-hydroxylation sites is 2. The van der Waals surface area contributed by atoms with Crippen molar-refractivity contribution in [1.29, 1.82) is 0 Å². The van der Waals surface area contributed by atoms with Crippen LogP contribution in [0.25, 0.3) is 16.6 Å². The monoisotopic (exact) mass is 471 g/mol. The van der Waals surface area contributed by atoms with Crippen LogP contribution in [-0.4, -0.2) is 58.6 Å². The van der Waals surface area contributed by atoms with Crippen LogP contribution in [0.15, 0.2) is 58.5 Å². The van der Waals surface area contributed by atoms with Crippen molar-refractivity contribution in [2.75, 3.05) is 23.8 Å². The molecule has 0 spiro atoms. The number of fused-ring (bicyclic) bond motifs is 1. The van der Waals surface area contributed by atoms with Crippen LogP contribution in [0.4, 0.5) is 0 Å². The number of amides is 1. The molecule has 168 valence electrons. The zero-order valence-electron chi connectivity index (χ0n) is 18.0. The Morgan fingerprint density at radius 1 is 1.19 bits per heavy atom. The Kier molecular flexibility index (Phi) is 6.39. The molecule has 0 saturated carbocycles. The van der Waals surface area contributed by atoms with E-state index >= 15 is 0 Å². The number of carbonyl (C=O) groups is 1. The fourth-order valence-electron chi connectivity index (χ4n) is 4.10. The highest BCUT2D eigenvalue weighted by Gasteiger charge is 2.34. The van der Waals surface area contributed by atoms with Gasteiger partial charge in [0.2, 0.25) is 5.91 Å². The maximum absolute atomic E-state index is 13.4. The fourth-order valence-corrected chi connectivity index (χ4v) is 6.73. The summed E-state index contributed by atoms with van der Waals surface area (Å²) in [7, 11) is -3.09. The number of aryl methyl sites for hydroxylation is 1. The smallest absolute Gasteiger partial charge is 0.266 e. The Balaban J connectivity index is 1.68. The van der Waals surface area contributed by atoms with E-state index in [1.54, 1.807) is 27.7 Å². The summed E-state index contributed by atoms with van der Waals surface area (Å²) < 4.78 is 25.3. The SMILES string of the molecule is CCN(C(=O)CSc1nc2ccccc2c(=O)n1-c1ccccc1C)[C@@H]1CCS(=O)(=O)C1. The first-order chi connectivity index (χ1) is 15.3. The lowest BCUT2D eigenvalue weighted by atomic mass is 10.2. The molecule has 1 amide bonds. The van der Waals surface area contributed by atoms with Crippen LogP contribution in [-0.2, 0) is 14.6 Å². The highest BCUT2D eigenvalue weighted by molar-refractivity contribution is 7.99. The Morgan fingerprint density at radius 3 is 2.59 bits per heavy atom. The number of thioether (sulfide) groups is 1. The van der Waals surface area contributed by atoms with Crippen molar-refractivity contribution in [3.05, 3.63) is 64.4 Å². The van der Waals surface area contributed by atoms with Gasteiger partial charge >= 0.3 is 0 Å². The zero-order chi connectivity index (χ0) is 22.9. The number of carbonyl (C=O) groups excluding carboxylic acids is 1. The molecule has 1 atom stereocenters. The van der Waals surface area contributed by atoms with Crippen molar-refractivity contribution in [2.45, 2.75) is 31.5 Å². The second-order valence-corrected chi connectivity index (χ2v) is 11.0. The van der Waals surface area contributed by atoms with E-state index in [1.807, 2.05) is 44.2 Å². The molecule has 0 radical (unpaired) electrons. The average Bonchev–Trinajstić information content (AvgIpc) is 3.13. The molecule has 2 aromatic carbocycles. The Morgan fingerprint density at radius 2 is 1.91 bits per heavy atom. The largest absolute Gasteiger partial charge is 0.338 e. The molecular weight excluding hydrogens is 446 g/mol. The number of hydrogen-bond acceptors (Lipinski definition) is 6. The third-order valence-electron chi connectivity index (χ3n) is 5.74. The van der Waals surface area contributed by atoms with E-state index in [1.165, 1.54) is 11.8 Å². The summed E-state index contributed by atoms with van der Waals surface area (Å²) >= 11 is 1.20. The van der Waals surface area contributed by atoms with Gasteiger partial charge in [0, 0.05) is 12.6 Å². The summed E-state index contributed by atoms with van der Waals surface area (Å²) in [4.78, 5) is 32.7. The summed E-state index contributed by atoms with van der Waals surface area (Å²) in [6.07, 6.45) is 0.467. The standard InChI is InChI=1S/C23H25N3O4S2/c1-3-25(17-12-13-32(29,30)15-17)21(27)14-31-23-24-19-10-6-5-9-18(19)22(28)26(23)20-11-7-4-8-16(20)2/h4-11,17H,3,12-15H2,1-2H3/t17-/m1/s1. The van der Waals surface area contributed by atoms with Gasteiger partial charge in [-0.2, -0.15) is 0 Å². The first-order valence-electron chi connectivity index (χ1n) is 10.5. The number of hydrogen-bond donors (Lipinski definition) is 0. The van der Waals surface area contributed by atoms with Crippen molar-refractivity contribution in [2.24, 2.45) is 0 Å². The minimum atomic E-state index is -3.09. The highest BCUT2D eigenvalue weighted by Crippen LogP contribution is 2.25. The lowest BCUT2D eigenvalue weighted by Gasteiger charge is -2.26. The van der Waals surface area contributed by atoms with Crippen LogP contribution < -0.4 is 5.56 Å². The average molecular weight is 472 g/mol. The maximum Gasteiger partial charge on any atom is 0.266 e. The van der Waals surface area contributed by atoms with Crippen molar-refractivity contribution < 1.29 is 13.2 Å². The zero-order valence-corrected chi connectivity index (χ0v) is 19.7. The molecule has 2 heterocycles. The molecule has 1 aromatic heterocycles. The van der Waals surface area contributed by atoms with Crippen LogP contribution in [0.2, 0.25) is 0 Å². The summed E-state index contributed by atoms with van der Waals surface area (Å²) in [5.41, 5.74) is 2.03. The van der Waals surface area contributed by atoms with Crippen molar-refractivity contribution in [1.82, 2.24) is 14.5 Å². The maximum atomic E-state index is 13.4. The van der Waals surface area contributed by atoms with Crippen molar-refractivity contribution in [3.63, 3.8) is 0 Å². The number of nitrogens with zero attached hydrogens (tertiary/aromatic N) is 3. The molecule has 1 saturated heterocycles. The molecule has 1 aliphatic rings. The summed E-state index contributed by atoms with van der Waals surface area (Å²) in [6.45, 7) is 4.22. The van der Waals surface area contributed by atoms with E-state index < -0.39 is 9.84 Å². The van der Waals surface area contributed by atoms with Gasteiger partial charge in [0.15, 0.2) is 15.0 Å². The van der Waals surface area contributed by atoms with Crippen molar-refractivity contribution >= 4 is 38.4 Å². The number of aromatic nitrogens is 2. The summed E-state index contributed by atoms with van der Waals surface area (Å²) in [6, 6.07) is 14.4. The second kappa shape index (κ2) is 9.07. The van der Waals surface area contributed by atoms with Gasteiger partial charge in [0.1, 0.15) is 0 Å². The van der Waals surface area contributed by atoms with Gasteiger partial charge in [-0.25, -0.2) is 13.4 Å². The fraction of sp³-hybridized carbons (Fsp3) is 0.348. The molecule has 32 heavy (non-hydrogen) atoms. The predicted octanol–water partition coefficient (Wildman–Crippen LogP) is 2.82. The lowest BCUT2D eigenvalue weighted by Crippen LogP contribution is -2.42. The third kappa shape index (κ3) is 4.45. The highest BCUT2D eigenvalue weighted by atomic mass is 32.2. The van der Waals surface area contributed by atoms with Gasteiger partial charge in [-0.1, -0.05) is 42.1 Å².